The number of aliphatic hydroxyl groups is 1. The maximum atomic E-state index is 13.0. The minimum absolute atomic E-state index is 0.0868. The summed E-state index contributed by atoms with van der Waals surface area (Å²) in [4.78, 5) is 44.6. The molecule has 5 rings (SSSR count). The van der Waals surface area contributed by atoms with Gasteiger partial charge < -0.3 is 31.5 Å². The van der Waals surface area contributed by atoms with Gasteiger partial charge in [-0.05, 0) is 30.2 Å². The lowest BCUT2D eigenvalue weighted by Gasteiger charge is -2.15. The first-order valence-corrected chi connectivity index (χ1v) is 14.6. The average Bonchev–Trinajstić information content (AvgIpc) is 3.42. The third kappa shape index (κ3) is 7.22. The summed E-state index contributed by atoms with van der Waals surface area (Å²) in [6.07, 6.45) is 3.43. The zero-order valence-corrected chi connectivity index (χ0v) is 24.9. The van der Waals surface area contributed by atoms with Crippen LogP contribution in [0.5, 0.6) is 5.88 Å². The number of benzene rings is 1. The molecule has 12 nitrogen and oxygen atoms in total. The van der Waals surface area contributed by atoms with Gasteiger partial charge in [0.25, 0.3) is 5.56 Å². The number of fused-ring (bicyclic) bond motifs is 1. The predicted octanol–water partition coefficient (Wildman–Crippen LogP) is 1.78. The van der Waals surface area contributed by atoms with Gasteiger partial charge in [-0.1, -0.05) is 35.9 Å². The van der Waals surface area contributed by atoms with Crippen molar-refractivity contribution in [3.63, 3.8) is 0 Å². The van der Waals surface area contributed by atoms with Crippen molar-refractivity contribution in [2.75, 3.05) is 20.2 Å². The Kier molecular flexibility index (Phi) is 9.85. The molecule has 0 radical (unpaired) electrons. The molecular weight excluding hydrogens is 586 g/mol. The van der Waals surface area contributed by atoms with Crippen LogP contribution in [0.25, 0.3) is 28.0 Å². The summed E-state index contributed by atoms with van der Waals surface area (Å²) in [5, 5.41) is 19.6. The Morgan fingerprint density at radius 1 is 1.18 bits per heavy atom. The van der Waals surface area contributed by atoms with Crippen molar-refractivity contribution in [2.45, 2.75) is 44.5 Å². The van der Waals surface area contributed by atoms with Crippen LogP contribution in [0.3, 0.4) is 0 Å². The summed E-state index contributed by atoms with van der Waals surface area (Å²) in [7, 11) is 1.57. The molecule has 13 heteroatoms. The molecule has 2 atom stereocenters. The highest BCUT2D eigenvalue weighted by Crippen LogP contribution is 2.36. The molecule has 0 bridgehead atoms. The molecule has 3 aromatic heterocycles. The van der Waals surface area contributed by atoms with Crippen molar-refractivity contribution in [2.24, 2.45) is 5.73 Å². The summed E-state index contributed by atoms with van der Waals surface area (Å²) in [5.74, 6) is -0.0310. The van der Waals surface area contributed by atoms with Gasteiger partial charge in [0.15, 0.2) is 0 Å². The number of nitrogens with two attached hydrogens (primary N) is 1. The Hall–Kier alpha value is -4.36. The molecule has 1 aromatic carbocycles. The molecule has 1 aliphatic rings. The molecule has 1 saturated heterocycles. The number of aromatic nitrogens is 3. The Labute approximate surface area is 258 Å². The Morgan fingerprint density at radius 3 is 2.73 bits per heavy atom. The minimum Gasteiger partial charge on any atom is -0.481 e. The molecular formula is C31H34ClN7O5. The molecule has 0 aliphatic carbocycles. The average molecular weight is 620 g/mol. The normalized spacial score (nSPS) is 15.3. The van der Waals surface area contributed by atoms with E-state index < -0.39 is 12.0 Å². The van der Waals surface area contributed by atoms with Crippen molar-refractivity contribution in [3.8, 4) is 28.3 Å². The first kappa shape index (κ1) is 31.1. The van der Waals surface area contributed by atoms with E-state index in [0.29, 0.717) is 47.3 Å². The number of halogens is 1. The van der Waals surface area contributed by atoms with Crippen LogP contribution in [-0.4, -0.2) is 63.6 Å². The van der Waals surface area contributed by atoms with E-state index in [-0.39, 0.29) is 37.0 Å². The van der Waals surface area contributed by atoms with E-state index in [2.05, 4.69) is 20.9 Å². The Morgan fingerprint density at radius 2 is 1.98 bits per heavy atom. The van der Waals surface area contributed by atoms with Crippen LogP contribution in [-0.2, 0) is 22.7 Å². The fourth-order valence-corrected chi connectivity index (χ4v) is 5.51. The number of hydrogen-bond acceptors (Lipinski definition) is 9. The molecule has 0 spiro atoms. The number of carbonyl (C=O) groups excluding carboxylic acids is 2. The van der Waals surface area contributed by atoms with Crippen LogP contribution >= 0.6 is 11.6 Å². The number of aliphatic hydroxyl groups excluding tert-OH is 1. The molecule has 44 heavy (non-hydrogen) atoms. The summed E-state index contributed by atoms with van der Waals surface area (Å²) in [6.45, 7) is 1.48. The van der Waals surface area contributed by atoms with Gasteiger partial charge in [-0.2, -0.15) is 0 Å². The molecule has 0 saturated carbocycles. The number of nitrogens with zero attached hydrogens (tertiary/aromatic N) is 3. The van der Waals surface area contributed by atoms with Crippen molar-refractivity contribution >= 4 is 29.1 Å². The maximum Gasteiger partial charge on any atom is 0.262 e. The predicted molar refractivity (Wildman–Crippen MR) is 166 cm³/mol. The highest BCUT2D eigenvalue weighted by molar-refractivity contribution is 6.36. The van der Waals surface area contributed by atoms with Crippen molar-refractivity contribution in [3.05, 3.63) is 81.4 Å². The smallest absolute Gasteiger partial charge is 0.262 e. The first-order valence-electron chi connectivity index (χ1n) is 14.2. The summed E-state index contributed by atoms with van der Waals surface area (Å²) in [5.41, 5.74) is 9.48. The monoisotopic (exact) mass is 619 g/mol. The minimum atomic E-state index is -0.934. The SMILES string of the molecule is COc1nc(-c2cccc(-c3ccn4c(=O)c(CNCC(O)CC(N)=O)cnc4c3)c2Cl)ccc1CNC[C@@H]1CCC(=O)N1. The topological polar surface area (TPSA) is 173 Å². The van der Waals surface area contributed by atoms with Crippen LogP contribution in [0.4, 0.5) is 0 Å². The van der Waals surface area contributed by atoms with Gasteiger partial charge in [-0.15, -0.1) is 0 Å². The zero-order valence-electron chi connectivity index (χ0n) is 24.2. The largest absolute Gasteiger partial charge is 0.481 e. The van der Waals surface area contributed by atoms with Gasteiger partial charge in [0.1, 0.15) is 5.65 Å². The highest BCUT2D eigenvalue weighted by atomic mass is 35.5. The number of hydrogen-bond donors (Lipinski definition) is 5. The number of methoxy groups -OCH3 is 1. The number of carbonyl (C=O) groups is 2. The lowest BCUT2D eigenvalue weighted by molar-refractivity contribution is -0.120. The quantitative estimate of drug-likeness (QED) is 0.149. The molecule has 2 amide bonds. The molecule has 1 fully saturated rings. The fourth-order valence-electron chi connectivity index (χ4n) is 5.17. The maximum absolute atomic E-state index is 13.0. The molecule has 4 aromatic rings. The second kappa shape index (κ2) is 14.0. The lowest BCUT2D eigenvalue weighted by Crippen LogP contribution is -2.35. The lowest BCUT2D eigenvalue weighted by atomic mass is 10.0. The number of nitrogens with one attached hydrogen (secondary N) is 3. The zero-order chi connectivity index (χ0) is 31.2. The third-order valence-electron chi connectivity index (χ3n) is 7.42. The fraction of sp³-hybridized carbons (Fsp3) is 0.323. The van der Waals surface area contributed by atoms with Crippen LogP contribution in [0.1, 0.15) is 30.4 Å². The van der Waals surface area contributed by atoms with Gasteiger partial charge in [0, 0.05) is 73.3 Å². The number of amides is 2. The second-order valence-electron chi connectivity index (χ2n) is 10.7. The first-order chi connectivity index (χ1) is 21.2. The van der Waals surface area contributed by atoms with E-state index in [4.69, 9.17) is 27.1 Å². The summed E-state index contributed by atoms with van der Waals surface area (Å²) >= 11 is 6.93. The highest BCUT2D eigenvalue weighted by Gasteiger charge is 2.20. The molecule has 4 heterocycles. The molecule has 6 N–H and O–H groups in total. The molecule has 230 valence electrons. The van der Waals surface area contributed by atoms with Gasteiger partial charge in [0.05, 0.1) is 30.4 Å². The number of ether oxygens (including phenoxy) is 1. The van der Waals surface area contributed by atoms with Gasteiger partial charge in [-0.25, -0.2) is 9.97 Å². The van der Waals surface area contributed by atoms with Gasteiger partial charge in [-0.3, -0.25) is 18.8 Å². The van der Waals surface area contributed by atoms with Gasteiger partial charge in [0.2, 0.25) is 17.7 Å². The second-order valence-corrected chi connectivity index (χ2v) is 11.0. The number of primary amides is 1. The van der Waals surface area contributed by atoms with Crippen molar-refractivity contribution in [1.82, 2.24) is 30.3 Å². The van der Waals surface area contributed by atoms with E-state index in [1.54, 1.807) is 25.4 Å². The van der Waals surface area contributed by atoms with Crippen LogP contribution in [0.2, 0.25) is 5.02 Å². The third-order valence-corrected chi connectivity index (χ3v) is 7.83. The van der Waals surface area contributed by atoms with Gasteiger partial charge >= 0.3 is 0 Å². The van der Waals surface area contributed by atoms with E-state index >= 15 is 0 Å². The van der Waals surface area contributed by atoms with Crippen LogP contribution in [0.15, 0.2) is 59.7 Å². The van der Waals surface area contributed by atoms with E-state index in [9.17, 15) is 19.5 Å². The van der Waals surface area contributed by atoms with Crippen LogP contribution in [0, 0.1) is 0 Å². The Balaban J connectivity index is 1.32. The number of pyridine rings is 2. The number of rotatable bonds is 13. The van der Waals surface area contributed by atoms with E-state index in [1.165, 1.54) is 10.6 Å². The standard InChI is InChI=1S/C31H34ClN7O5/c1-44-30-19(13-34-16-21-6-8-28(42)37-21)5-7-25(38-30)24-4-2-3-23(29(24)32)18-9-10-39-27(11-18)36-15-20(31(39)43)14-35-17-22(40)12-26(33)41/h2-5,7,9-11,15,21-22,34-35,40H,6,8,12-14,16-17H2,1H3,(H2,33,41)(H,37,42)/t21-,22?/m0/s1. The molecule has 1 aliphatic heterocycles. The van der Waals surface area contributed by atoms with Crippen molar-refractivity contribution in [1.29, 1.82) is 0 Å². The van der Waals surface area contributed by atoms with E-state index in [1.807, 2.05) is 30.3 Å². The Bertz CT molecular complexity index is 1740. The summed E-state index contributed by atoms with van der Waals surface area (Å²) < 4.78 is 7.02. The molecule has 1 unspecified atom stereocenters. The van der Waals surface area contributed by atoms with E-state index in [0.717, 1.165) is 28.7 Å². The van der Waals surface area contributed by atoms with Crippen molar-refractivity contribution < 1.29 is 19.4 Å². The van der Waals surface area contributed by atoms with Crippen LogP contribution < -0.4 is 32.0 Å². The summed E-state index contributed by atoms with van der Waals surface area (Å²) in [6, 6.07) is 13.2.